The molecule has 2 amide bonds. The number of nitrogens with zero attached hydrogens (tertiary/aromatic N) is 2. The average molecular weight is 498 g/mol. The number of likely N-dealkylation sites (tertiary alicyclic amines) is 2. The zero-order chi connectivity index (χ0) is 25.3. The Hall–Kier alpha value is -2.29. The molecule has 3 atom stereocenters. The van der Waals surface area contributed by atoms with Crippen molar-refractivity contribution < 1.29 is 23.9 Å². The van der Waals surface area contributed by atoms with Gasteiger partial charge in [-0.1, -0.05) is 38.3 Å². The Morgan fingerprint density at radius 3 is 2.44 bits per heavy atom. The van der Waals surface area contributed by atoms with Gasteiger partial charge in [0.25, 0.3) is 5.91 Å². The van der Waals surface area contributed by atoms with E-state index in [0.717, 1.165) is 51.7 Å². The first-order valence-electron chi connectivity index (χ1n) is 13.6. The van der Waals surface area contributed by atoms with E-state index in [-0.39, 0.29) is 30.3 Å². The predicted molar refractivity (Wildman–Crippen MR) is 135 cm³/mol. The number of nitrogens with one attached hydrogen (secondary N) is 1. The van der Waals surface area contributed by atoms with Crippen molar-refractivity contribution in [2.24, 2.45) is 0 Å². The van der Waals surface area contributed by atoms with Crippen molar-refractivity contribution in [3.63, 3.8) is 0 Å². The second kappa shape index (κ2) is 10.6. The number of piperidine rings is 1. The molecule has 1 aliphatic carbocycles. The number of ether oxygens (including phenoxy) is 2. The van der Waals surface area contributed by atoms with Crippen LogP contribution in [-0.4, -0.2) is 91.1 Å². The minimum atomic E-state index is -1.00. The van der Waals surface area contributed by atoms with E-state index in [1.165, 1.54) is 5.56 Å². The Labute approximate surface area is 213 Å². The summed E-state index contributed by atoms with van der Waals surface area (Å²) in [5.41, 5.74) is 0.841. The van der Waals surface area contributed by atoms with Crippen LogP contribution in [0.1, 0.15) is 73.7 Å². The van der Waals surface area contributed by atoms with Crippen LogP contribution in [0.15, 0.2) is 24.3 Å². The maximum atomic E-state index is 14.0. The molecule has 1 N–H and O–H groups in total. The van der Waals surface area contributed by atoms with Crippen molar-refractivity contribution in [1.29, 1.82) is 0 Å². The molecule has 3 heterocycles. The van der Waals surface area contributed by atoms with Gasteiger partial charge in [0, 0.05) is 12.7 Å². The molecule has 4 aliphatic rings. The molecule has 1 aromatic carbocycles. The summed E-state index contributed by atoms with van der Waals surface area (Å²) < 4.78 is 11.2. The number of hydrogen-bond acceptors (Lipinski definition) is 6. The van der Waals surface area contributed by atoms with Gasteiger partial charge < -0.3 is 24.6 Å². The Kier molecular flexibility index (Phi) is 7.47. The second-order valence-electron chi connectivity index (χ2n) is 10.8. The second-order valence-corrected chi connectivity index (χ2v) is 10.8. The van der Waals surface area contributed by atoms with Gasteiger partial charge in [-0.05, 0) is 68.9 Å². The minimum absolute atomic E-state index is 0.00213. The standard InChI is InChI=1S/C28H39N3O5/c1-3-30-15-11-20(12-16-30)19-7-9-21(10-8-19)26(33)29-28(13-5-4-6-14-28)27(34)31-17-23(35-2)25-24(31)22(32)18-36-25/h7-10,20,23-25H,3-6,11-18H2,1-2H3,(H,29,33)/t23-,24-,25-/m1/s1. The van der Waals surface area contributed by atoms with Gasteiger partial charge >= 0.3 is 0 Å². The summed E-state index contributed by atoms with van der Waals surface area (Å²) >= 11 is 0. The van der Waals surface area contributed by atoms with Crippen molar-refractivity contribution in [1.82, 2.24) is 15.1 Å². The fraction of sp³-hybridized carbons (Fsp3) is 0.679. The van der Waals surface area contributed by atoms with E-state index in [2.05, 4.69) is 29.3 Å². The lowest BCUT2D eigenvalue weighted by Gasteiger charge is -2.40. The third kappa shape index (κ3) is 4.71. The van der Waals surface area contributed by atoms with E-state index >= 15 is 0 Å². The van der Waals surface area contributed by atoms with Crippen LogP contribution in [0.2, 0.25) is 0 Å². The smallest absolute Gasteiger partial charge is 0.252 e. The molecule has 1 aromatic rings. The van der Waals surface area contributed by atoms with Crippen LogP contribution < -0.4 is 5.32 Å². The number of carbonyl (C=O) groups is 3. The van der Waals surface area contributed by atoms with Crippen molar-refractivity contribution in [3.8, 4) is 0 Å². The fourth-order valence-electron chi connectivity index (χ4n) is 6.63. The molecule has 1 saturated carbocycles. The van der Waals surface area contributed by atoms with Gasteiger partial charge in [-0.25, -0.2) is 0 Å². The minimum Gasteiger partial charge on any atom is -0.377 e. The largest absolute Gasteiger partial charge is 0.377 e. The van der Waals surface area contributed by atoms with Crippen LogP contribution in [0, 0.1) is 0 Å². The van der Waals surface area contributed by atoms with Crippen LogP contribution in [0.5, 0.6) is 0 Å². The van der Waals surface area contributed by atoms with E-state index in [9.17, 15) is 14.4 Å². The first kappa shape index (κ1) is 25.4. The number of methoxy groups -OCH3 is 1. The summed E-state index contributed by atoms with van der Waals surface area (Å²) in [7, 11) is 1.58. The molecule has 8 nitrogen and oxygen atoms in total. The Bertz CT molecular complexity index is 966. The van der Waals surface area contributed by atoms with Gasteiger partial charge in [-0.15, -0.1) is 0 Å². The molecule has 0 spiro atoms. The molecule has 5 rings (SSSR count). The number of amides is 2. The molecule has 0 radical (unpaired) electrons. The molecule has 0 bridgehead atoms. The third-order valence-electron chi connectivity index (χ3n) is 8.85. The SMILES string of the molecule is CCN1CCC(c2ccc(C(=O)NC3(C(=O)N4C[C@@H](OC)[C@H]5OCC(=O)[C@H]54)CCCCC3)cc2)CC1. The molecule has 36 heavy (non-hydrogen) atoms. The molecule has 3 saturated heterocycles. The number of rotatable bonds is 6. The molecule has 4 fully saturated rings. The van der Waals surface area contributed by atoms with Gasteiger partial charge in [0.15, 0.2) is 5.78 Å². The van der Waals surface area contributed by atoms with Crippen molar-refractivity contribution in [2.75, 3.05) is 39.9 Å². The van der Waals surface area contributed by atoms with Gasteiger partial charge in [-0.3, -0.25) is 14.4 Å². The molecular formula is C28H39N3O5. The highest BCUT2D eigenvalue weighted by Crippen LogP contribution is 2.36. The first-order valence-corrected chi connectivity index (χ1v) is 13.6. The van der Waals surface area contributed by atoms with Crippen LogP contribution in [0.25, 0.3) is 0 Å². The van der Waals surface area contributed by atoms with E-state index in [4.69, 9.17) is 9.47 Å². The molecular weight excluding hydrogens is 458 g/mol. The van der Waals surface area contributed by atoms with Crippen molar-refractivity contribution >= 4 is 17.6 Å². The lowest BCUT2D eigenvalue weighted by molar-refractivity contribution is -0.143. The molecule has 0 unspecified atom stereocenters. The quantitative estimate of drug-likeness (QED) is 0.650. The van der Waals surface area contributed by atoms with Crippen molar-refractivity contribution in [2.45, 2.75) is 81.6 Å². The van der Waals surface area contributed by atoms with E-state index in [1.807, 2.05) is 12.1 Å². The summed E-state index contributed by atoms with van der Waals surface area (Å²) in [5.74, 6) is 0.0265. The van der Waals surface area contributed by atoms with Gasteiger partial charge in [0.1, 0.15) is 30.4 Å². The Morgan fingerprint density at radius 1 is 1.11 bits per heavy atom. The van der Waals surface area contributed by atoms with Crippen LogP contribution in [-0.2, 0) is 19.1 Å². The number of hydrogen-bond donors (Lipinski definition) is 1. The average Bonchev–Trinajstić information content (AvgIpc) is 3.49. The van der Waals surface area contributed by atoms with Crippen LogP contribution in [0.4, 0.5) is 0 Å². The number of ketones is 1. The zero-order valence-electron chi connectivity index (χ0n) is 21.5. The third-order valence-corrected chi connectivity index (χ3v) is 8.85. The monoisotopic (exact) mass is 497 g/mol. The summed E-state index contributed by atoms with van der Waals surface area (Å²) in [6, 6.07) is 7.29. The highest BCUT2D eigenvalue weighted by Gasteiger charge is 2.56. The predicted octanol–water partition coefficient (Wildman–Crippen LogP) is 2.51. The topological polar surface area (TPSA) is 88.2 Å². The highest BCUT2D eigenvalue weighted by atomic mass is 16.5. The van der Waals surface area contributed by atoms with Gasteiger partial charge in [0.2, 0.25) is 5.91 Å². The number of carbonyl (C=O) groups excluding carboxylic acids is 3. The molecule has 8 heteroatoms. The number of fused-ring (bicyclic) bond motifs is 1. The molecule has 196 valence electrons. The van der Waals surface area contributed by atoms with E-state index in [0.29, 0.717) is 30.9 Å². The first-order chi connectivity index (χ1) is 17.5. The maximum Gasteiger partial charge on any atom is 0.252 e. The zero-order valence-corrected chi connectivity index (χ0v) is 21.5. The van der Waals surface area contributed by atoms with E-state index < -0.39 is 17.7 Å². The summed E-state index contributed by atoms with van der Waals surface area (Å²) in [6.07, 6.45) is 5.42. The Morgan fingerprint density at radius 2 is 1.81 bits per heavy atom. The maximum absolute atomic E-state index is 14.0. The Balaban J connectivity index is 1.31. The normalized spacial score (nSPS) is 28.8. The molecule has 3 aliphatic heterocycles. The fourth-order valence-corrected chi connectivity index (χ4v) is 6.63. The summed E-state index contributed by atoms with van der Waals surface area (Å²) in [4.78, 5) is 44.1. The van der Waals surface area contributed by atoms with Crippen molar-refractivity contribution in [3.05, 3.63) is 35.4 Å². The van der Waals surface area contributed by atoms with Crippen LogP contribution >= 0.6 is 0 Å². The van der Waals surface area contributed by atoms with Gasteiger partial charge in [-0.2, -0.15) is 0 Å². The number of benzene rings is 1. The lowest BCUT2D eigenvalue weighted by atomic mass is 9.80. The molecule has 0 aromatic heterocycles. The summed E-state index contributed by atoms with van der Waals surface area (Å²) in [6.45, 7) is 5.84. The summed E-state index contributed by atoms with van der Waals surface area (Å²) in [5, 5.41) is 3.14. The van der Waals surface area contributed by atoms with Gasteiger partial charge in [0.05, 0.1) is 6.54 Å². The van der Waals surface area contributed by atoms with Crippen LogP contribution in [0.3, 0.4) is 0 Å². The number of Topliss-reactive ketones (excluding diaryl/α,β-unsaturated/α-hetero) is 1. The lowest BCUT2D eigenvalue weighted by Crippen LogP contribution is -2.62. The highest BCUT2D eigenvalue weighted by molar-refractivity contribution is 6.01. The van der Waals surface area contributed by atoms with E-state index in [1.54, 1.807) is 12.0 Å².